The Balaban J connectivity index is 2.70. The highest BCUT2D eigenvalue weighted by Gasteiger charge is 2.24. The molecule has 0 spiro atoms. The van der Waals surface area contributed by atoms with Crippen molar-refractivity contribution in [3.05, 3.63) is 35.6 Å². The van der Waals surface area contributed by atoms with Crippen LogP contribution in [0.5, 0.6) is 0 Å². The zero-order chi connectivity index (χ0) is 13.8. The van der Waals surface area contributed by atoms with Crippen molar-refractivity contribution >= 4 is 5.97 Å². The fraction of sp³-hybridized carbons (Fsp3) is 0.500. The first-order valence-electron chi connectivity index (χ1n) is 5.99. The summed E-state index contributed by atoms with van der Waals surface area (Å²) in [7, 11) is 0. The summed E-state index contributed by atoms with van der Waals surface area (Å²) in [6.45, 7) is 5.60. The van der Waals surface area contributed by atoms with E-state index in [0.717, 1.165) is 5.56 Å². The van der Waals surface area contributed by atoms with Crippen LogP contribution in [0.4, 0.5) is 4.39 Å². The maximum atomic E-state index is 13.0. The van der Waals surface area contributed by atoms with Gasteiger partial charge in [0.25, 0.3) is 0 Å². The van der Waals surface area contributed by atoms with Gasteiger partial charge in [0.2, 0.25) is 0 Å². The van der Waals surface area contributed by atoms with Gasteiger partial charge in [-0.05, 0) is 44.9 Å². The van der Waals surface area contributed by atoms with Crippen molar-refractivity contribution in [3.8, 4) is 0 Å². The fourth-order valence-corrected chi connectivity index (χ4v) is 1.60. The predicted molar refractivity (Wildman–Crippen MR) is 68.5 cm³/mol. The van der Waals surface area contributed by atoms with Crippen LogP contribution in [0.25, 0.3) is 0 Å². The maximum absolute atomic E-state index is 13.0. The second-order valence-corrected chi connectivity index (χ2v) is 5.30. The molecule has 1 aromatic rings. The van der Waals surface area contributed by atoms with Crippen molar-refractivity contribution in [1.82, 2.24) is 0 Å². The van der Waals surface area contributed by atoms with Crippen molar-refractivity contribution in [2.75, 3.05) is 6.54 Å². The SMILES string of the molecule is CC(C)(C)OC(=O)C(CN)Cc1cccc(F)c1. The molecule has 1 rings (SSSR count). The molecular formula is C14H20FNO2. The van der Waals surface area contributed by atoms with E-state index in [2.05, 4.69) is 0 Å². The summed E-state index contributed by atoms with van der Waals surface area (Å²) in [4.78, 5) is 11.9. The summed E-state index contributed by atoms with van der Waals surface area (Å²) in [5.41, 5.74) is 5.80. The van der Waals surface area contributed by atoms with Gasteiger partial charge >= 0.3 is 5.97 Å². The van der Waals surface area contributed by atoms with Crippen LogP contribution in [-0.2, 0) is 16.0 Å². The topological polar surface area (TPSA) is 52.3 Å². The molecule has 0 saturated heterocycles. The summed E-state index contributed by atoms with van der Waals surface area (Å²) in [5, 5.41) is 0. The largest absolute Gasteiger partial charge is 0.460 e. The minimum Gasteiger partial charge on any atom is -0.460 e. The van der Waals surface area contributed by atoms with Crippen molar-refractivity contribution in [2.45, 2.75) is 32.8 Å². The number of rotatable bonds is 4. The molecule has 0 amide bonds. The van der Waals surface area contributed by atoms with E-state index < -0.39 is 11.5 Å². The molecule has 1 aromatic carbocycles. The van der Waals surface area contributed by atoms with Crippen LogP contribution in [-0.4, -0.2) is 18.1 Å². The molecule has 0 bridgehead atoms. The third-order valence-electron chi connectivity index (χ3n) is 2.40. The number of carbonyl (C=O) groups is 1. The molecule has 18 heavy (non-hydrogen) atoms. The molecule has 1 atom stereocenters. The first kappa shape index (κ1) is 14.6. The molecular weight excluding hydrogens is 233 g/mol. The van der Waals surface area contributed by atoms with Gasteiger partial charge in [-0.2, -0.15) is 0 Å². The van der Waals surface area contributed by atoms with Crippen molar-refractivity contribution in [3.63, 3.8) is 0 Å². The molecule has 4 heteroatoms. The quantitative estimate of drug-likeness (QED) is 0.838. The molecule has 0 aliphatic carbocycles. The Morgan fingerprint density at radius 3 is 2.61 bits per heavy atom. The minimum atomic E-state index is -0.535. The van der Waals surface area contributed by atoms with Crippen LogP contribution < -0.4 is 5.73 Å². The average molecular weight is 253 g/mol. The van der Waals surface area contributed by atoms with Gasteiger partial charge < -0.3 is 10.5 Å². The smallest absolute Gasteiger partial charge is 0.311 e. The number of halogens is 1. The molecule has 0 aromatic heterocycles. The van der Waals surface area contributed by atoms with E-state index in [4.69, 9.17) is 10.5 Å². The Hall–Kier alpha value is -1.42. The average Bonchev–Trinajstić information content (AvgIpc) is 2.23. The van der Waals surface area contributed by atoms with Gasteiger partial charge in [0.15, 0.2) is 0 Å². The molecule has 2 N–H and O–H groups in total. The Bertz CT molecular complexity index is 413. The normalized spacial score (nSPS) is 13.2. The van der Waals surface area contributed by atoms with Crippen molar-refractivity contribution < 1.29 is 13.9 Å². The van der Waals surface area contributed by atoms with Crippen LogP contribution >= 0.6 is 0 Å². The summed E-state index contributed by atoms with van der Waals surface area (Å²) in [6, 6.07) is 6.17. The minimum absolute atomic E-state index is 0.186. The first-order valence-corrected chi connectivity index (χ1v) is 5.99. The molecule has 0 heterocycles. The monoisotopic (exact) mass is 253 g/mol. The molecule has 3 nitrogen and oxygen atoms in total. The van der Waals surface area contributed by atoms with Gasteiger partial charge in [0.05, 0.1) is 5.92 Å². The lowest BCUT2D eigenvalue weighted by Gasteiger charge is -2.23. The Kier molecular flexibility index (Phi) is 4.84. The molecule has 0 saturated carbocycles. The fourth-order valence-electron chi connectivity index (χ4n) is 1.60. The van der Waals surface area contributed by atoms with E-state index in [1.807, 2.05) is 0 Å². The molecule has 100 valence electrons. The third-order valence-corrected chi connectivity index (χ3v) is 2.40. The number of hydrogen-bond donors (Lipinski definition) is 1. The van der Waals surface area contributed by atoms with E-state index in [1.54, 1.807) is 32.9 Å². The first-order chi connectivity index (χ1) is 8.31. The standard InChI is InChI=1S/C14H20FNO2/c1-14(2,3)18-13(17)11(9-16)7-10-5-4-6-12(15)8-10/h4-6,8,11H,7,9,16H2,1-3H3. The molecule has 0 aliphatic heterocycles. The van der Waals surface area contributed by atoms with Crippen LogP contribution in [0.3, 0.4) is 0 Å². The zero-order valence-corrected chi connectivity index (χ0v) is 11.1. The highest BCUT2D eigenvalue weighted by Crippen LogP contribution is 2.15. The highest BCUT2D eigenvalue weighted by molar-refractivity contribution is 5.73. The summed E-state index contributed by atoms with van der Waals surface area (Å²) in [6.07, 6.45) is 0.392. The van der Waals surface area contributed by atoms with Crippen LogP contribution in [0.1, 0.15) is 26.3 Å². The lowest BCUT2D eigenvalue weighted by atomic mass is 9.99. The maximum Gasteiger partial charge on any atom is 0.311 e. The number of carbonyl (C=O) groups excluding carboxylic acids is 1. The van der Waals surface area contributed by atoms with Gasteiger partial charge in [0, 0.05) is 6.54 Å². The molecule has 1 unspecified atom stereocenters. The summed E-state index contributed by atoms with van der Waals surface area (Å²) >= 11 is 0. The van der Waals surface area contributed by atoms with Gasteiger partial charge in [-0.1, -0.05) is 12.1 Å². The second kappa shape index (κ2) is 5.96. The number of esters is 1. The summed E-state index contributed by atoms with van der Waals surface area (Å²) in [5.74, 6) is -1.09. The number of ether oxygens (including phenoxy) is 1. The van der Waals surface area contributed by atoms with E-state index in [0.29, 0.717) is 6.42 Å². The number of nitrogens with two attached hydrogens (primary N) is 1. The second-order valence-electron chi connectivity index (χ2n) is 5.30. The van der Waals surface area contributed by atoms with E-state index in [9.17, 15) is 9.18 Å². The lowest BCUT2D eigenvalue weighted by molar-refractivity contribution is -0.159. The number of hydrogen-bond acceptors (Lipinski definition) is 3. The van der Waals surface area contributed by atoms with E-state index in [-0.39, 0.29) is 18.3 Å². The Morgan fingerprint density at radius 1 is 1.44 bits per heavy atom. The lowest BCUT2D eigenvalue weighted by Crippen LogP contribution is -2.33. The Labute approximate surface area is 107 Å². The highest BCUT2D eigenvalue weighted by atomic mass is 19.1. The van der Waals surface area contributed by atoms with E-state index >= 15 is 0 Å². The van der Waals surface area contributed by atoms with Gasteiger partial charge in [-0.15, -0.1) is 0 Å². The van der Waals surface area contributed by atoms with Crippen LogP contribution in [0, 0.1) is 11.7 Å². The molecule has 0 radical (unpaired) electrons. The molecule has 0 fully saturated rings. The Morgan fingerprint density at radius 2 is 2.11 bits per heavy atom. The number of benzene rings is 1. The van der Waals surface area contributed by atoms with Crippen molar-refractivity contribution in [1.29, 1.82) is 0 Å². The third kappa shape index (κ3) is 4.84. The van der Waals surface area contributed by atoms with Gasteiger partial charge in [-0.3, -0.25) is 4.79 Å². The van der Waals surface area contributed by atoms with E-state index in [1.165, 1.54) is 12.1 Å². The van der Waals surface area contributed by atoms with Crippen molar-refractivity contribution in [2.24, 2.45) is 11.7 Å². The van der Waals surface area contributed by atoms with Gasteiger partial charge in [-0.25, -0.2) is 4.39 Å². The summed E-state index contributed by atoms with van der Waals surface area (Å²) < 4.78 is 18.3. The predicted octanol–water partition coefficient (Wildman–Crippen LogP) is 2.28. The molecule has 0 aliphatic rings. The van der Waals surface area contributed by atoms with Crippen LogP contribution in [0.15, 0.2) is 24.3 Å². The zero-order valence-electron chi connectivity index (χ0n) is 11.1. The van der Waals surface area contributed by atoms with Crippen LogP contribution in [0.2, 0.25) is 0 Å². The van der Waals surface area contributed by atoms with Gasteiger partial charge in [0.1, 0.15) is 11.4 Å².